The normalized spacial score (nSPS) is 22.2. The Morgan fingerprint density at radius 1 is 1.40 bits per heavy atom. The van der Waals surface area contributed by atoms with Gasteiger partial charge in [-0.2, -0.15) is 13.2 Å². The van der Waals surface area contributed by atoms with E-state index in [0.29, 0.717) is 18.6 Å². The van der Waals surface area contributed by atoms with Gasteiger partial charge in [0.05, 0.1) is 7.11 Å². The maximum atomic E-state index is 12.3. The lowest BCUT2D eigenvalue weighted by Gasteiger charge is -2.29. The molecule has 2 nitrogen and oxygen atoms in total. The molecule has 2 unspecified atom stereocenters. The molecule has 2 atom stereocenters. The highest BCUT2D eigenvalue weighted by molar-refractivity contribution is 5.64. The summed E-state index contributed by atoms with van der Waals surface area (Å²) in [7, 11) is 1.54. The minimum atomic E-state index is -4.13. The van der Waals surface area contributed by atoms with Crippen LogP contribution in [-0.4, -0.2) is 19.6 Å². The minimum Gasteiger partial charge on any atom is -0.497 e. The predicted octanol–water partition coefficient (Wildman–Crippen LogP) is 3.88. The quantitative estimate of drug-likeness (QED) is 0.785. The second kappa shape index (κ2) is 5.85. The first-order valence-electron chi connectivity index (χ1n) is 6.62. The molecule has 0 radical (unpaired) electrons. The third-order valence-electron chi connectivity index (χ3n) is 3.85. The number of ether oxygens (including phenoxy) is 1. The highest BCUT2D eigenvalue weighted by atomic mass is 19.4. The average Bonchev–Trinajstić information content (AvgIpc) is 2.42. The van der Waals surface area contributed by atoms with Crippen LogP contribution in [0.2, 0.25) is 0 Å². The Labute approximate surface area is 115 Å². The molecular weight excluding hydrogens is 269 g/mol. The number of aldehydes is 1. The van der Waals surface area contributed by atoms with E-state index in [2.05, 4.69) is 0 Å². The number of carbonyl (C=O) groups is 1. The summed E-state index contributed by atoms with van der Waals surface area (Å²) >= 11 is 0. The number of fused-ring (bicyclic) bond motifs is 1. The molecule has 0 spiro atoms. The lowest BCUT2D eigenvalue weighted by molar-refractivity contribution is -0.137. The van der Waals surface area contributed by atoms with E-state index < -0.39 is 12.6 Å². The Kier molecular flexibility index (Phi) is 4.35. The van der Waals surface area contributed by atoms with Crippen LogP contribution in [-0.2, 0) is 11.2 Å². The van der Waals surface area contributed by atoms with Crippen molar-refractivity contribution < 1.29 is 22.7 Å². The topological polar surface area (TPSA) is 26.3 Å². The van der Waals surface area contributed by atoms with Gasteiger partial charge >= 0.3 is 6.18 Å². The standard InChI is InChI=1S/C15H17F3O2/c1-20-13-2-3-14-11(8-13)6-10(7-12(14)9-19)4-5-15(16,17)18/h2-3,8-10,12H,4-7H2,1H3. The first-order valence-corrected chi connectivity index (χ1v) is 6.62. The molecule has 2 rings (SSSR count). The van der Waals surface area contributed by atoms with E-state index in [0.717, 1.165) is 17.4 Å². The summed E-state index contributed by atoms with van der Waals surface area (Å²) < 4.78 is 42.1. The summed E-state index contributed by atoms with van der Waals surface area (Å²) in [5, 5.41) is 0. The smallest absolute Gasteiger partial charge is 0.389 e. The Morgan fingerprint density at radius 2 is 2.15 bits per heavy atom. The van der Waals surface area contributed by atoms with Gasteiger partial charge < -0.3 is 9.53 Å². The Hall–Kier alpha value is -1.52. The van der Waals surface area contributed by atoms with Crippen LogP contribution in [0.3, 0.4) is 0 Å². The van der Waals surface area contributed by atoms with E-state index in [1.807, 2.05) is 12.1 Å². The van der Waals surface area contributed by atoms with Gasteiger partial charge in [0.15, 0.2) is 0 Å². The van der Waals surface area contributed by atoms with E-state index in [1.165, 1.54) is 0 Å². The van der Waals surface area contributed by atoms with Crippen molar-refractivity contribution >= 4 is 6.29 Å². The third kappa shape index (κ3) is 3.52. The fraction of sp³-hybridized carbons (Fsp3) is 0.533. The molecule has 0 heterocycles. The number of halogens is 3. The van der Waals surface area contributed by atoms with Crippen LogP contribution in [0.25, 0.3) is 0 Å². The van der Waals surface area contributed by atoms with Gasteiger partial charge in [-0.3, -0.25) is 0 Å². The van der Waals surface area contributed by atoms with Crippen molar-refractivity contribution in [3.63, 3.8) is 0 Å². The van der Waals surface area contributed by atoms with Crippen LogP contribution in [0.1, 0.15) is 36.3 Å². The molecule has 0 amide bonds. The third-order valence-corrected chi connectivity index (χ3v) is 3.85. The molecule has 1 aliphatic carbocycles. The van der Waals surface area contributed by atoms with Gasteiger partial charge in [0.25, 0.3) is 0 Å². The number of rotatable bonds is 4. The summed E-state index contributed by atoms with van der Waals surface area (Å²) in [6.07, 6.45) is -2.94. The Balaban J connectivity index is 2.16. The van der Waals surface area contributed by atoms with Crippen LogP contribution >= 0.6 is 0 Å². The molecular formula is C15H17F3O2. The minimum absolute atomic E-state index is 0.0739. The van der Waals surface area contributed by atoms with E-state index in [9.17, 15) is 18.0 Å². The maximum absolute atomic E-state index is 12.3. The molecule has 0 saturated heterocycles. The molecule has 0 saturated carbocycles. The monoisotopic (exact) mass is 286 g/mol. The first-order chi connectivity index (χ1) is 9.43. The Bertz CT molecular complexity index is 482. The number of alkyl halides is 3. The zero-order chi connectivity index (χ0) is 14.8. The molecule has 1 aromatic carbocycles. The van der Waals surface area contributed by atoms with Crippen LogP contribution in [0.15, 0.2) is 18.2 Å². The highest BCUT2D eigenvalue weighted by Crippen LogP contribution is 2.38. The van der Waals surface area contributed by atoms with Gasteiger partial charge in [0, 0.05) is 12.3 Å². The van der Waals surface area contributed by atoms with Crippen LogP contribution in [0.5, 0.6) is 5.75 Å². The van der Waals surface area contributed by atoms with Crippen LogP contribution in [0.4, 0.5) is 13.2 Å². The number of methoxy groups -OCH3 is 1. The SMILES string of the molecule is COc1ccc2c(c1)CC(CCC(F)(F)F)CC2C=O. The molecule has 0 N–H and O–H groups in total. The zero-order valence-corrected chi connectivity index (χ0v) is 11.2. The summed E-state index contributed by atoms with van der Waals surface area (Å²) in [5.74, 6) is 0.263. The number of carbonyl (C=O) groups excluding carboxylic acids is 1. The summed E-state index contributed by atoms with van der Waals surface area (Å²) in [6.45, 7) is 0. The molecule has 1 aromatic rings. The highest BCUT2D eigenvalue weighted by Gasteiger charge is 2.32. The summed E-state index contributed by atoms with van der Waals surface area (Å²) in [5.41, 5.74) is 1.85. The number of hydrogen-bond donors (Lipinski definition) is 0. The number of hydrogen-bond acceptors (Lipinski definition) is 2. The summed E-state index contributed by atoms with van der Waals surface area (Å²) in [4.78, 5) is 11.2. The lowest BCUT2D eigenvalue weighted by atomic mass is 9.76. The van der Waals surface area contributed by atoms with Gasteiger partial charge in [-0.15, -0.1) is 0 Å². The lowest BCUT2D eigenvalue weighted by Crippen LogP contribution is -2.21. The van der Waals surface area contributed by atoms with E-state index >= 15 is 0 Å². The van der Waals surface area contributed by atoms with Crippen LogP contribution in [0, 0.1) is 5.92 Å². The van der Waals surface area contributed by atoms with Gasteiger partial charge in [-0.25, -0.2) is 0 Å². The fourth-order valence-corrected chi connectivity index (χ4v) is 2.84. The molecule has 5 heteroatoms. The molecule has 0 fully saturated rings. The molecule has 0 aliphatic heterocycles. The summed E-state index contributed by atoms with van der Waals surface area (Å²) in [6, 6.07) is 5.45. The Morgan fingerprint density at radius 3 is 2.75 bits per heavy atom. The van der Waals surface area contributed by atoms with Gasteiger partial charge in [0.2, 0.25) is 0 Å². The van der Waals surface area contributed by atoms with Crippen molar-refractivity contribution in [2.75, 3.05) is 7.11 Å². The number of benzene rings is 1. The van der Waals surface area contributed by atoms with Crippen molar-refractivity contribution in [1.29, 1.82) is 0 Å². The second-order valence-electron chi connectivity index (χ2n) is 5.27. The van der Waals surface area contributed by atoms with Gasteiger partial charge in [-0.05, 0) is 48.4 Å². The first kappa shape index (κ1) is 14.9. The molecule has 0 aromatic heterocycles. The average molecular weight is 286 g/mol. The molecule has 0 bridgehead atoms. The van der Waals surface area contributed by atoms with E-state index in [-0.39, 0.29) is 18.3 Å². The fourth-order valence-electron chi connectivity index (χ4n) is 2.84. The maximum Gasteiger partial charge on any atom is 0.389 e. The molecule has 1 aliphatic rings. The van der Waals surface area contributed by atoms with E-state index in [1.54, 1.807) is 13.2 Å². The largest absolute Gasteiger partial charge is 0.497 e. The predicted molar refractivity (Wildman–Crippen MR) is 68.9 cm³/mol. The van der Waals surface area contributed by atoms with E-state index in [4.69, 9.17) is 4.74 Å². The zero-order valence-electron chi connectivity index (χ0n) is 11.2. The van der Waals surface area contributed by atoms with Crippen molar-refractivity contribution in [2.45, 2.75) is 37.8 Å². The van der Waals surface area contributed by atoms with Crippen molar-refractivity contribution in [2.24, 2.45) is 5.92 Å². The molecule has 110 valence electrons. The van der Waals surface area contributed by atoms with Crippen molar-refractivity contribution in [1.82, 2.24) is 0 Å². The van der Waals surface area contributed by atoms with Crippen molar-refractivity contribution in [3.05, 3.63) is 29.3 Å². The van der Waals surface area contributed by atoms with Gasteiger partial charge in [-0.1, -0.05) is 6.07 Å². The van der Waals surface area contributed by atoms with Crippen LogP contribution < -0.4 is 4.74 Å². The van der Waals surface area contributed by atoms with Gasteiger partial charge in [0.1, 0.15) is 12.0 Å². The second-order valence-corrected chi connectivity index (χ2v) is 5.27. The van der Waals surface area contributed by atoms with Crippen molar-refractivity contribution in [3.8, 4) is 5.75 Å². The molecule has 20 heavy (non-hydrogen) atoms.